The van der Waals surface area contributed by atoms with Crippen LogP contribution in [0.3, 0.4) is 0 Å². The maximum Gasteiger partial charge on any atom is 0.258 e. The predicted octanol–water partition coefficient (Wildman–Crippen LogP) is 2.81. The Balaban J connectivity index is 2.23. The number of hydrogen-bond acceptors (Lipinski definition) is 2. The monoisotopic (exact) mass is 280 g/mol. The summed E-state index contributed by atoms with van der Waals surface area (Å²) in [6, 6.07) is 6.47. The van der Waals surface area contributed by atoms with Crippen LogP contribution in [0.15, 0.2) is 36.4 Å². The van der Waals surface area contributed by atoms with E-state index in [0.29, 0.717) is 6.07 Å². The summed E-state index contributed by atoms with van der Waals surface area (Å²) < 4.78 is 39.4. The van der Waals surface area contributed by atoms with Gasteiger partial charge in [0, 0.05) is 23.9 Å². The van der Waals surface area contributed by atoms with Gasteiger partial charge in [0.05, 0.1) is 5.56 Å². The molecule has 0 aliphatic heterocycles. The summed E-state index contributed by atoms with van der Waals surface area (Å²) in [5.74, 6) is -2.98. The standard InChI is InChI=1S/C14H11F3N2O/c15-9-1-3-11(13(17)6-9)14(20)19-10-2-4-12(16)8(5-10)7-18/h1-6H,7,18H2,(H,19,20). The van der Waals surface area contributed by atoms with E-state index in [2.05, 4.69) is 5.32 Å². The van der Waals surface area contributed by atoms with E-state index in [-0.39, 0.29) is 23.4 Å². The third kappa shape index (κ3) is 2.97. The molecule has 0 spiro atoms. The number of amides is 1. The number of nitrogens with two attached hydrogens (primary N) is 1. The third-order valence-electron chi connectivity index (χ3n) is 2.70. The Bertz CT molecular complexity index is 659. The Kier molecular flexibility index (Phi) is 4.05. The zero-order valence-electron chi connectivity index (χ0n) is 10.3. The van der Waals surface area contributed by atoms with Gasteiger partial charge in [0.15, 0.2) is 0 Å². The van der Waals surface area contributed by atoms with Crippen molar-refractivity contribution in [2.75, 3.05) is 5.32 Å². The van der Waals surface area contributed by atoms with Crippen molar-refractivity contribution in [3.63, 3.8) is 0 Å². The molecule has 1 amide bonds. The van der Waals surface area contributed by atoms with Crippen LogP contribution in [-0.4, -0.2) is 5.91 Å². The molecule has 6 heteroatoms. The number of hydrogen-bond donors (Lipinski definition) is 2. The minimum atomic E-state index is -0.969. The van der Waals surface area contributed by atoms with Gasteiger partial charge in [-0.3, -0.25) is 4.79 Å². The van der Waals surface area contributed by atoms with Crippen LogP contribution in [0.4, 0.5) is 18.9 Å². The Morgan fingerprint density at radius 2 is 1.80 bits per heavy atom. The van der Waals surface area contributed by atoms with Crippen LogP contribution in [0.5, 0.6) is 0 Å². The van der Waals surface area contributed by atoms with Crippen LogP contribution in [0.1, 0.15) is 15.9 Å². The van der Waals surface area contributed by atoms with Crippen LogP contribution < -0.4 is 11.1 Å². The molecule has 20 heavy (non-hydrogen) atoms. The van der Waals surface area contributed by atoms with Crippen LogP contribution >= 0.6 is 0 Å². The topological polar surface area (TPSA) is 55.1 Å². The van der Waals surface area contributed by atoms with E-state index in [4.69, 9.17) is 5.73 Å². The summed E-state index contributed by atoms with van der Waals surface area (Å²) in [5.41, 5.74) is 5.55. The number of anilines is 1. The minimum Gasteiger partial charge on any atom is -0.326 e. The molecule has 0 aliphatic rings. The van der Waals surface area contributed by atoms with Crippen molar-refractivity contribution in [2.24, 2.45) is 5.73 Å². The van der Waals surface area contributed by atoms with Gasteiger partial charge >= 0.3 is 0 Å². The van der Waals surface area contributed by atoms with E-state index >= 15 is 0 Å². The smallest absolute Gasteiger partial charge is 0.258 e. The van der Waals surface area contributed by atoms with E-state index < -0.39 is 23.4 Å². The number of carbonyl (C=O) groups excluding carboxylic acids is 1. The second-order valence-corrected chi connectivity index (χ2v) is 4.09. The van der Waals surface area contributed by atoms with Gasteiger partial charge in [0.1, 0.15) is 17.5 Å². The Labute approximate surface area is 113 Å². The quantitative estimate of drug-likeness (QED) is 0.908. The molecule has 0 fully saturated rings. The van der Waals surface area contributed by atoms with Crippen molar-refractivity contribution in [1.82, 2.24) is 0 Å². The lowest BCUT2D eigenvalue weighted by atomic mass is 10.1. The number of benzene rings is 2. The van der Waals surface area contributed by atoms with Crippen molar-refractivity contribution >= 4 is 11.6 Å². The molecule has 2 aromatic rings. The summed E-state index contributed by atoms with van der Waals surface area (Å²) in [7, 11) is 0. The highest BCUT2D eigenvalue weighted by Crippen LogP contribution is 2.16. The molecular formula is C14H11F3N2O. The molecule has 0 aromatic heterocycles. The first kappa shape index (κ1) is 14.1. The molecule has 0 saturated heterocycles. The largest absolute Gasteiger partial charge is 0.326 e. The Morgan fingerprint density at radius 1 is 1.05 bits per heavy atom. The van der Waals surface area contributed by atoms with E-state index in [9.17, 15) is 18.0 Å². The summed E-state index contributed by atoms with van der Waals surface area (Å²) in [4.78, 5) is 11.8. The maximum atomic E-state index is 13.4. The molecule has 0 radical (unpaired) electrons. The molecule has 0 unspecified atom stereocenters. The molecule has 104 valence electrons. The zero-order chi connectivity index (χ0) is 14.7. The summed E-state index contributed by atoms with van der Waals surface area (Å²) in [5, 5.41) is 2.40. The number of halogens is 3. The normalized spacial score (nSPS) is 10.4. The van der Waals surface area contributed by atoms with Gasteiger partial charge in [0.25, 0.3) is 5.91 Å². The van der Waals surface area contributed by atoms with Gasteiger partial charge in [-0.05, 0) is 30.3 Å². The first-order valence-corrected chi connectivity index (χ1v) is 5.76. The third-order valence-corrected chi connectivity index (χ3v) is 2.70. The van der Waals surface area contributed by atoms with E-state index in [1.54, 1.807) is 0 Å². The van der Waals surface area contributed by atoms with E-state index in [1.165, 1.54) is 12.1 Å². The first-order valence-electron chi connectivity index (χ1n) is 5.76. The highest BCUT2D eigenvalue weighted by Gasteiger charge is 2.13. The highest BCUT2D eigenvalue weighted by atomic mass is 19.1. The van der Waals surface area contributed by atoms with Gasteiger partial charge in [-0.25, -0.2) is 13.2 Å². The maximum absolute atomic E-state index is 13.4. The van der Waals surface area contributed by atoms with Crippen LogP contribution in [0.2, 0.25) is 0 Å². The molecule has 2 rings (SSSR count). The van der Waals surface area contributed by atoms with Crippen LogP contribution in [0, 0.1) is 17.5 Å². The van der Waals surface area contributed by atoms with Gasteiger partial charge in [-0.1, -0.05) is 0 Å². The second-order valence-electron chi connectivity index (χ2n) is 4.09. The van der Waals surface area contributed by atoms with Gasteiger partial charge in [-0.15, -0.1) is 0 Å². The fourth-order valence-electron chi connectivity index (χ4n) is 1.68. The van der Waals surface area contributed by atoms with E-state index in [0.717, 1.165) is 18.2 Å². The fourth-order valence-corrected chi connectivity index (χ4v) is 1.68. The zero-order valence-corrected chi connectivity index (χ0v) is 10.3. The second kappa shape index (κ2) is 5.75. The van der Waals surface area contributed by atoms with Gasteiger partial charge in [-0.2, -0.15) is 0 Å². The summed E-state index contributed by atoms with van der Waals surface area (Å²) >= 11 is 0. The van der Waals surface area contributed by atoms with Crippen molar-refractivity contribution in [3.8, 4) is 0 Å². The summed E-state index contributed by atoms with van der Waals surface area (Å²) in [6.07, 6.45) is 0. The van der Waals surface area contributed by atoms with E-state index in [1.807, 2.05) is 0 Å². The van der Waals surface area contributed by atoms with Crippen LogP contribution in [0.25, 0.3) is 0 Å². The van der Waals surface area contributed by atoms with Crippen molar-refractivity contribution in [3.05, 3.63) is 65.0 Å². The first-order chi connectivity index (χ1) is 9.51. The average molecular weight is 280 g/mol. The molecule has 0 heterocycles. The summed E-state index contributed by atoms with van der Waals surface area (Å²) in [6.45, 7) is -0.0273. The van der Waals surface area contributed by atoms with Crippen molar-refractivity contribution in [2.45, 2.75) is 6.54 Å². The molecule has 0 saturated carbocycles. The molecule has 0 atom stereocenters. The SMILES string of the molecule is NCc1cc(NC(=O)c2ccc(F)cc2F)ccc1F. The fraction of sp³-hybridized carbons (Fsp3) is 0.0714. The lowest BCUT2D eigenvalue weighted by Gasteiger charge is -2.08. The highest BCUT2D eigenvalue weighted by molar-refractivity contribution is 6.04. The molecule has 3 N–H and O–H groups in total. The van der Waals surface area contributed by atoms with Gasteiger partial charge < -0.3 is 11.1 Å². The molecule has 3 nitrogen and oxygen atoms in total. The Hall–Kier alpha value is -2.34. The molecule has 0 bridgehead atoms. The van der Waals surface area contributed by atoms with Crippen molar-refractivity contribution < 1.29 is 18.0 Å². The number of rotatable bonds is 3. The van der Waals surface area contributed by atoms with Gasteiger partial charge in [0.2, 0.25) is 0 Å². The average Bonchev–Trinajstić information content (AvgIpc) is 2.40. The van der Waals surface area contributed by atoms with Crippen LogP contribution in [-0.2, 0) is 6.54 Å². The van der Waals surface area contributed by atoms with Crippen molar-refractivity contribution in [1.29, 1.82) is 0 Å². The Morgan fingerprint density at radius 3 is 2.45 bits per heavy atom. The molecule has 2 aromatic carbocycles. The lowest BCUT2D eigenvalue weighted by molar-refractivity contribution is 0.102. The predicted molar refractivity (Wildman–Crippen MR) is 68.6 cm³/mol. The molecular weight excluding hydrogens is 269 g/mol. The number of nitrogens with one attached hydrogen (secondary N) is 1. The molecule has 0 aliphatic carbocycles. The number of carbonyl (C=O) groups is 1. The lowest BCUT2D eigenvalue weighted by Crippen LogP contribution is -2.14. The minimum absolute atomic E-state index is 0.0273.